The Morgan fingerprint density at radius 3 is 2.46 bits per heavy atom. The summed E-state index contributed by atoms with van der Waals surface area (Å²) in [6, 6.07) is 8.17. The lowest BCUT2D eigenvalue weighted by Gasteiger charge is -2.39. The minimum atomic E-state index is -3.53. The molecule has 0 unspecified atom stereocenters. The lowest BCUT2D eigenvalue weighted by molar-refractivity contribution is -0.383. The van der Waals surface area contributed by atoms with Crippen molar-refractivity contribution in [3.05, 3.63) is 51.0 Å². The van der Waals surface area contributed by atoms with Gasteiger partial charge in [-0.2, -0.15) is 0 Å². The number of hydrogen-bond acceptors (Lipinski definition) is 7. The molecule has 7 nitrogen and oxygen atoms in total. The Kier molecular flexibility index (Phi) is 5.00. The Balaban J connectivity index is 1.88. The number of nitrogens with zero attached hydrogens (tertiary/aromatic N) is 2. The van der Waals surface area contributed by atoms with E-state index in [1.165, 1.54) is 0 Å². The van der Waals surface area contributed by atoms with Crippen molar-refractivity contribution in [2.24, 2.45) is 0 Å². The van der Waals surface area contributed by atoms with E-state index in [4.69, 9.17) is 11.6 Å². The Bertz CT molecular complexity index is 949. The van der Waals surface area contributed by atoms with Crippen LogP contribution in [0.4, 0.5) is 10.7 Å². The van der Waals surface area contributed by atoms with Gasteiger partial charge in [-0.15, -0.1) is 0 Å². The van der Waals surface area contributed by atoms with E-state index in [1.54, 1.807) is 29.2 Å². The van der Waals surface area contributed by atoms with E-state index in [9.17, 15) is 23.6 Å². The molecule has 3 rings (SSSR count). The number of sulfone groups is 1. The zero-order valence-corrected chi connectivity index (χ0v) is 16.3. The molecule has 0 radical (unpaired) electrons. The second-order valence-electron chi connectivity index (χ2n) is 6.28. The third-order valence-electron chi connectivity index (χ3n) is 4.49. The molecular formula is C16H17ClN2O5S2. The Morgan fingerprint density at radius 2 is 1.92 bits per heavy atom. The highest BCUT2D eigenvalue weighted by molar-refractivity contribution is 7.92. The van der Waals surface area contributed by atoms with Gasteiger partial charge >= 0.3 is 5.69 Å². The molecule has 2 aromatic rings. The summed E-state index contributed by atoms with van der Waals surface area (Å²) in [6.07, 6.45) is 1.69. The molecule has 1 fully saturated rings. The molecule has 0 bridgehead atoms. The normalized spacial score (nSPS) is 17.3. The molecule has 0 amide bonds. The second-order valence-corrected chi connectivity index (χ2v) is 9.96. The highest BCUT2D eigenvalue weighted by Gasteiger charge is 2.38. The Morgan fingerprint density at radius 1 is 1.31 bits per heavy atom. The maximum atomic E-state index is 11.7. The Hall–Kier alpha value is -1.68. The first kappa shape index (κ1) is 19.1. The smallest absolute Gasteiger partial charge is 0.305 e. The molecule has 1 aliphatic rings. The summed E-state index contributed by atoms with van der Waals surface area (Å²) in [5, 5.41) is 23.1. The van der Waals surface area contributed by atoms with Gasteiger partial charge in [0.15, 0.2) is 14.8 Å². The molecule has 0 spiro atoms. The molecule has 2 heterocycles. The number of thiophene rings is 1. The van der Waals surface area contributed by atoms with E-state index in [0.717, 1.165) is 23.7 Å². The van der Waals surface area contributed by atoms with Crippen molar-refractivity contribution in [3.8, 4) is 0 Å². The molecule has 10 heteroatoms. The molecule has 1 N–H and O–H groups in total. The van der Waals surface area contributed by atoms with Gasteiger partial charge in [0.25, 0.3) is 0 Å². The molecule has 0 aliphatic carbocycles. The number of nitro groups is 1. The topological polar surface area (TPSA) is 101 Å². The van der Waals surface area contributed by atoms with E-state index < -0.39 is 20.4 Å². The lowest BCUT2D eigenvalue weighted by atomic mass is 9.84. The third kappa shape index (κ3) is 3.57. The zero-order chi connectivity index (χ0) is 19.1. The first-order valence-electron chi connectivity index (χ1n) is 7.82. The minimum Gasteiger partial charge on any atom is -0.385 e. The number of anilines is 1. The first-order valence-corrected chi connectivity index (χ1v) is 10.9. The van der Waals surface area contributed by atoms with Gasteiger partial charge in [0, 0.05) is 36.0 Å². The highest BCUT2D eigenvalue weighted by atomic mass is 35.5. The summed E-state index contributed by atoms with van der Waals surface area (Å²) in [6.45, 7) is 0.707. The molecule has 1 aromatic carbocycles. The molecule has 1 aromatic heterocycles. The van der Waals surface area contributed by atoms with E-state index in [0.29, 0.717) is 41.5 Å². The van der Waals surface area contributed by atoms with Crippen LogP contribution in [-0.4, -0.2) is 37.8 Å². The van der Waals surface area contributed by atoms with Crippen LogP contribution in [0.5, 0.6) is 0 Å². The molecule has 1 saturated heterocycles. The van der Waals surface area contributed by atoms with E-state index in [-0.39, 0.29) is 9.90 Å². The van der Waals surface area contributed by atoms with Crippen LogP contribution < -0.4 is 4.90 Å². The first-order chi connectivity index (χ1) is 12.1. The standard InChI is InChI=1S/C16H17ClN2O5S2/c1-26(23,24)14-10-13(19(21)22)15(25-14)18-8-6-16(20,7-9-18)11-4-2-3-5-12(11)17/h2-5,10,20H,6-9H2,1H3. The van der Waals surface area contributed by atoms with E-state index in [2.05, 4.69) is 0 Å². The summed E-state index contributed by atoms with van der Waals surface area (Å²) in [7, 11) is -3.53. The fourth-order valence-electron chi connectivity index (χ4n) is 3.08. The van der Waals surface area contributed by atoms with Crippen LogP contribution in [0.15, 0.2) is 34.5 Å². The minimum absolute atomic E-state index is 0.0360. The maximum Gasteiger partial charge on any atom is 0.305 e. The third-order valence-corrected chi connectivity index (χ3v) is 7.80. The van der Waals surface area contributed by atoms with Crippen LogP contribution in [-0.2, 0) is 15.4 Å². The van der Waals surface area contributed by atoms with Crippen molar-refractivity contribution < 1.29 is 18.4 Å². The van der Waals surface area contributed by atoms with Crippen molar-refractivity contribution in [3.63, 3.8) is 0 Å². The second kappa shape index (κ2) is 6.80. The van der Waals surface area contributed by atoms with E-state index >= 15 is 0 Å². The molecule has 1 aliphatic heterocycles. The molecule has 0 saturated carbocycles. The Labute approximate surface area is 159 Å². The van der Waals surface area contributed by atoms with Gasteiger partial charge in [0.05, 0.1) is 10.5 Å². The van der Waals surface area contributed by atoms with Crippen LogP contribution in [0.25, 0.3) is 0 Å². The lowest BCUT2D eigenvalue weighted by Crippen LogP contribution is -2.42. The number of benzene rings is 1. The van der Waals surface area contributed by atoms with Gasteiger partial charge in [-0.05, 0) is 18.9 Å². The predicted octanol–water partition coefficient (Wildman–Crippen LogP) is 3.20. The van der Waals surface area contributed by atoms with Crippen molar-refractivity contribution in [2.75, 3.05) is 24.2 Å². The maximum absolute atomic E-state index is 11.7. The number of aliphatic hydroxyl groups is 1. The van der Waals surface area contributed by atoms with Crippen molar-refractivity contribution >= 4 is 43.5 Å². The summed E-state index contributed by atoms with van der Waals surface area (Å²) < 4.78 is 23.5. The fraction of sp³-hybridized carbons (Fsp3) is 0.375. The van der Waals surface area contributed by atoms with Gasteiger partial charge in [0.2, 0.25) is 0 Å². The van der Waals surface area contributed by atoms with Crippen LogP contribution in [0.3, 0.4) is 0 Å². The van der Waals surface area contributed by atoms with Crippen LogP contribution in [0, 0.1) is 10.1 Å². The molecular weight excluding hydrogens is 400 g/mol. The quantitative estimate of drug-likeness (QED) is 0.606. The number of halogens is 1. The summed E-state index contributed by atoms with van der Waals surface area (Å²) in [5.41, 5.74) is -0.696. The van der Waals surface area contributed by atoms with Crippen molar-refractivity contribution in [1.29, 1.82) is 0 Å². The van der Waals surface area contributed by atoms with Gasteiger partial charge < -0.3 is 10.0 Å². The van der Waals surface area contributed by atoms with Crippen molar-refractivity contribution in [2.45, 2.75) is 22.7 Å². The monoisotopic (exact) mass is 416 g/mol. The molecule has 26 heavy (non-hydrogen) atoms. The van der Waals surface area contributed by atoms with Gasteiger partial charge in [-0.25, -0.2) is 8.42 Å². The summed E-state index contributed by atoms with van der Waals surface area (Å²) in [5.74, 6) is 0. The molecule has 0 atom stereocenters. The average Bonchev–Trinajstić information content (AvgIpc) is 3.01. The SMILES string of the molecule is CS(=O)(=O)c1cc([N+](=O)[O-])c(N2CCC(O)(c3ccccc3Cl)CC2)s1. The molecule has 140 valence electrons. The summed E-state index contributed by atoms with van der Waals surface area (Å²) in [4.78, 5) is 12.5. The number of rotatable bonds is 4. The van der Waals surface area contributed by atoms with E-state index in [1.807, 2.05) is 0 Å². The average molecular weight is 417 g/mol. The van der Waals surface area contributed by atoms with Crippen LogP contribution in [0.2, 0.25) is 5.02 Å². The van der Waals surface area contributed by atoms with Crippen LogP contribution in [0.1, 0.15) is 18.4 Å². The largest absolute Gasteiger partial charge is 0.385 e. The number of piperidine rings is 1. The highest BCUT2D eigenvalue weighted by Crippen LogP contribution is 2.44. The van der Waals surface area contributed by atoms with Crippen LogP contribution >= 0.6 is 22.9 Å². The zero-order valence-electron chi connectivity index (χ0n) is 13.9. The predicted molar refractivity (Wildman–Crippen MR) is 101 cm³/mol. The van der Waals surface area contributed by atoms with Crippen molar-refractivity contribution in [1.82, 2.24) is 0 Å². The van der Waals surface area contributed by atoms with Gasteiger partial charge in [-0.1, -0.05) is 41.1 Å². The van der Waals surface area contributed by atoms with Gasteiger partial charge in [0.1, 0.15) is 4.21 Å². The number of hydrogen-bond donors (Lipinski definition) is 1. The van der Waals surface area contributed by atoms with Gasteiger partial charge in [-0.3, -0.25) is 10.1 Å². The fourth-order valence-corrected chi connectivity index (χ4v) is 5.47. The summed E-state index contributed by atoms with van der Waals surface area (Å²) >= 11 is 7.08.